The van der Waals surface area contributed by atoms with Crippen molar-refractivity contribution in [3.05, 3.63) is 42.2 Å². The van der Waals surface area contributed by atoms with Gasteiger partial charge in [0.2, 0.25) is 0 Å². The summed E-state index contributed by atoms with van der Waals surface area (Å²) in [4.78, 5) is 22.8. The topological polar surface area (TPSA) is 68.9 Å². The molecule has 0 aliphatic rings. The summed E-state index contributed by atoms with van der Waals surface area (Å²) in [6.07, 6.45) is 3.63. The zero-order valence-electron chi connectivity index (χ0n) is 9.11. The highest BCUT2D eigenvalue weighted by molar-refractivity contribution is 7.98. The van der Waals surface area contributed by atoms with Crippen molar-refractivity contribution in [1.29, 1.82) is 0 Å². The van der Waals surface area contributed by atoms with Crippen LogP contribution in [-0.4, -0.2) is 21.2 Å². The highest BCUT2D eigenvalue weighted by atomic mass is 32.2. The average Bonchev–Trinajstić information content (AvgIpc) is 2.82. The molecule has 0 bridgehead atoms. The fourth-order valence-corrected chi connectivity index (χ4v) is 2.05. The van der Waals surface area contributed by atoms with Gasteiger partial charge in [-0.15, -0.1) is 0 Å². The maximum absolute atomic E-state index is 10.5. The molecule has 88 valence electrons. The van der Waals surface area contributed by atoms with Gasteiger partial charge in [0.25, 0.3) is 5.22 Å². The molecule has 3 aromatic rings. The number of carbonyl (C=O) groups is 1. The minimum Gasteiger partial charge on any atom is -0.431 e. The Kier molecular flexibility index (Phi) is 2.77. The molecule has 1 aromatic carbocycles. The fourth-order valence-electron chi connectivity index (χ4n) is 1.41. The summed E-state index contributed by atoms with van der Waals surface area (Å²) in [6.45, 7) is 0. The summed E-state index contributed by atoms with van der Waals surface area (Å²) in [5.41, 5.74) is 1.96. The average molecular weight is 257 g/mol. The van der Waals surface area contributed by atoms with Gasteiger partial charge in [0, 0.05) is 24.2 Å². The van der Waals surface area contributed by atoms with Gasteiger partial charge in [-0.2, -0.15) is 0 Å². The lowest BCUT2D eigenvalue weighted by molar-refractivity contribution is 0.112. The van der Waals surface area contributed by atoms with Crippen LogP contribution in [-0.2, 0) is 0 Å². The number of oxazole rings is 1. The first kappa shape index (κ1) is 10.9. The van der Waals surface area contributed by atoms with E-state index in [1.54, 1.807) is 0 Å². The van der Waals surface area contributed by atoms with Crippen molar-refractivity contribution < 1.29 is 9.21 Å². The van der Waals surface area contributed by atoms with Gasteiger partial charge in [-0.25, -0.2) is 15.0 Å². The first-order valence-corrected chi connectivity index (χ1v) is 5.97. The summed E-state index contributed by atoms with van der Waals surface area (Å²) >= 11 is 1.22. The molecule has 0 unspecified atom stereocenters. The van der Waals surface area contributed by atoms with E-state index < -0.39 is 0 Å². The zero-order chi connectivity index (χ0) is 12.4. The van der Waals surface area contributed by atoms with E-state index in [4.69, 9.17) is 4.42 Å². The Morgan fingerprint density at radius 2 is 1.94 bits per heavy atom. The lowest BCUT2D eigenvalue weighted by Crippen LogP contribution is -1.88. The molecule has 6 heteroatoms. The Morgan fingerprint density at radius 1 is 1.17 bits per heavy atom. The van der Waals surface area contributed by atoms with Crippen LogP contribution in [0.1, 0.15) is 10.4 Å². The molecule has 0 radical (unpaired) electrons. The molecule has 0 saturated carbocycles. The smallest absolute Gasteiger partial charge is 0.264 e. The molecule has 0 spiro atoms. The van der Waals surface area contributed by atoms with Gasteiger partial charge in [-0.1, -0.05) is 12.1 Å². The Morgan fingerprint density at radius 3 is 2.67 bits per heavy atom. The molecule has 18 heavy (non-hydrogen) atoms. The maximum atomic E-state index is 10.5. The SMILES string of the molecule is O=Cc1cnc(Sc2nc3ccccc3o2)nc1. The van der Waals surface area contributed by atoms with Crippen molar-refractivity contribution in [2.45, 2.75) is 10.4 Å². The van der Waals surface area contributed by atoms with E-state index in [0.29, 0.717) is 22.2 Å². The minimum atomic E-state index is 0.442. The molecular formula is C12H7N3O2S. The van der Waals surface area contributed by atoms with Gasteiger partial charge in [0.05, 0.1) is 5.56 Å². The Hall–Kier alpha value is -2.21. The molecule has 2 aromatic heterocycles. The summed E-state index contributed by atoms with van der Waals surface area (Å²) in [7, 11) is 0. The Labute approximate surface area is 106 Å². The van der Waals surface area contributed by atoms with Crippen LogP contribution >= 0.6 is 11.8 Å². The van der Waals surface area contributed by atoms with Gasteiger partial charge in [-0.3, -0.25) is 4.79 Å². The van der Waals surface area contributed by atoms with Crippen LogP contribution in [0.3, 0.4) is 0 Å². The molecule has 0 aliphatic heterocycles. The molecule has 0 N–H and O–H groups in total. The second kappa shape index (κ2) is 4.58. The number of aldehydes is 1. The van der Waals surface area contributed by atoms with Gasteiger partial charge in [0.15, 0.2) is 17.0 Å². The molecule has 0 amide bonds. The summed E-state index contributed by atoms with van der Waals surface area (Å²) in [5.74, 6) is 0. The number of aromatic nitrogens is 3. The molecule has 0 atom stereocenters. The number of nitrogens with zero attached hydrogens (tertiary/aromatic N) is 3. The van der Waals surface area contributed by atoms with E-state index in [1.807, 2.05) is 24.3 Å². The Balaban J connectivity index is 1.88. The van der Waals surface area contributed by atoms with E-state index in [2.05, 4.69) is 15.0 Å². The maximum Gasteiger partial charge on any atom is 0.264 e. The standard InChI is InChI=1S/C12H7N3O2S/c16-7-8-5-13-11(14-6-8)18-12-15-9-3-1-2-4-10(9)17-12/h1-7H. The second-order valence-electron chi connectivity index (χ2n) is 3.47. The third-order valence-corrected chi connectivity index (χ3v) is 2.98. The molecule has 2 heterocycles. The van der Waals surface area contributed by atoms with Crippen LogP contribution in [0, 0.1) is 0 Å². The second-order valence-corrected chi connectivity index (χ2v) is 4.38. The molecule has 0 saturated heterocycles. The number of hydrogen-bond donors (Lipinski definition) is 0. The number of carbonyl (C=O) groups excluding carboxylic acids is 1. The van der Waals surface area contributed by atoms with Gasteiger partial charge < -0.3 is 4.42 Å². The molecule has 3 rings (SSSR count). The quantitative estimate of drug-likeness (QED) is 0.530. The molecule has 5 nitrogen and oxygen atoms in total. The highest BCUT2D eigenvalue weighted by Gasteiger charge is 2.08. The number of benzene rings is 1. The lowest BCUT2D eigenvalue weighted by Gasteiger charge is -1.94. The third-order valence-electron chi connectivity index (χ3n) is 2.24. The van der Waals surface area contributed by atoms with Crippen molar-refractivity contribution in [1.82, 2.24) is 15.0 Å². The van der Waals surface area contributed by atoms with Crippen molar-refractivity contribution >= 4 is 29.1 Å². The van der Waals surface area contributed by atoms with Gasteiger partial charge in [-0.05, 0) is 12.1 Å². The van der Waals surface area contributed by atoms with Crippen LogP contribution in [0.2, 0.25) is 0 Å². The van der Waals surface area contributed by atoms with Crippen molar-refractivity contribution in [3.8, 4) is 0 Å². The largest absolute Gasteiger partial charge is 0.431 e. The third kappa shape index (κ3) is 2.10. The predicted octanol–water partition coefficient (Wildman–Crippen LogP) is 2.58. The Bertz CT molecular complexity index is 661. The summed E-state index contributed by atoms with van der Waals surface area (Å²) < 4.78 is 5.53. The monoisotopic (exact) mass is 257 g/mol. The van der Waals surface area contributed by atoms with Crippen LogP contribution in [0.4, 0.5) is 0 Å². The molecule has 0 fully saturated rings. The first-order valence-electron chi connectivity index (χ1n) is 5.16. The van der Waals surface area contributed by atoms with Crippen LogP contribution in [0.25, 0.3) is 11.1 Å². The minimum absolute atomic E-state index is 0.442. The number of para-hydroxylation sites is 2. The van der Waals surface area contributed by atoms with Crippen molar-refractivity contribution in [2.24, 2.45) is 0 Å². The number of rotatable bonds is 3. The zero-order valence-corrected chi connectivity index (χ0v) is 9.92. The normalized spacial score (nSPS) is 10.7. The lowest BCUT2D eigenvalue weighted by atomic mass is 10.3. The van der Waals surface area contributed by atoms with Crippen LogP contribution in [0.15, 0.2) is 51.5 Å². The van der Waals surface area contributed by atoms with E-state index in [1.165, 1.54) is 24.2 Å². The van der Waals surface area contributed by atoms with Crippen molar-refractivity contribution in [2.75, 3.05) is 0 Å². The molecular weight excluding hydrogens is 250 g/mol. The van der Waals surface area contributed by atoms with E-state index >= 15 is 0 Å². The van der Waals surface area contributed by atoms with E-state index in [9.17, 15) is 4.79 Å². The fraction of sp³-hybridized carbons (Fsp3) is 0. The molecule has 0 aliphatic carbocycles. The van der Waals surface area contributed by atoms with Gasteiger partial charge >= 0.3 is 0 Å². The van der Waals surface area contributed by atoms with Crippen molar-refractivity contribution in [3.63, 3.8) is 0 Å². The number of hydrogen-bond acceptors (Lipinski definition) is 6. The highest BCUT2D eigenvalue weighted by Crippen LogP contribution is 2.26. The van der Waals surface area contributed by atoms with Crippen LogP contribution in [0.5, 0.6) is 0 Å². The summed E-state index contributed by atoms with van der Waals surface area (Å²) in [6, 6.07) is 7.51. The predicted molar refractivity (Wildman–Crippen MR) is 65.6 cm³/mol. The van der Waals surface area contributed by atoms with Crippen LogP contribution < -0.4 is 0 Å². The number of fused-ring (bicyclic) bond motifs is 1. The summed E-state index contributed by atoms with van der Waals surface area (Å²) in [5, 5.41) is 0.974. The first-order chi connectivity index (χ1) is 8.85. The van der Waals surface area contributed by atoms with E-state index in [0.717, 1.165) is 11.1 Å². The van der Waals surface area contributed by atoms with Gasteiger partial charge in [0.1, 0.15) is 5.52 Å². The van der Waals surface area contributed by atoms with E-state index in [-0.39, 0.29) is 0 Å².